The first-order valence-corrected chi connectivity index (χ1v) is 9.25. The zero-order chi connectivity index (χ0) is 17.3. The number of H-pyrrole nitrogens is 1. The SMILES string of the molecule is O=C(CSc1nc2c(c(=O)[nH]1)CCC2)Nc1cc(Cl)c(Cl)cc1Cl. The number of aromatic amines is 1. The van der Waals surface area contributed by atoms with E-state index in [1.165, 1.54) is 12.1 Å². The van der Waals surface area contributed by atoms with Crippen LogP contribution in [0.25, 0.3) is 0 Å². The van der Waals surface area contributed by atoms with Gasteiger partial charge in [-0.1, -0.05) is 46.6 Å². The van der Waals surface area contributed by atoms with Gasteiger partial charge in [0.25, 0.3) is 5.56 Å². The molecule has 1 heterocycles. The Balaban J connectivity index is 1.65. The summed E-state index contributed by atoms with van der Waals surface area (Å²) in [5.74, 6) is -0.207. The lowest BCUT2D eigenvalue weighted by molar-refractivity contribution is -0.113. The van der Waals surface area contributed by atoms with E-state index in [0.29, 0.717) is 25.9 Å². The highest BCUT2D eigenvalue weighted by Crippen LogP contribution is 2.32. The highest BCUT2D eigenvalue weighted by Gasteiger charge is 2.18. The standard InChI is InChI=1S/C15H12Cl3N3O2S/c16-8-4-10(18)12(5-9(8)17)19-13(22)6-24-15-20-11-3-1-2-7(11)14(23)21-15/h4-5H,1-3,6H2,(H,19,22)(H,20,21,23). The number of carbonyl (C=O) groups excluding carboxylic acids is 1. The number of hydrogen-bond acceptors (Lipinski definition) is 4. The maximum Gasteiger partial charge on any atom is 0.254 e. The lowest BCUT2D eigenvalue weighted by Gasteiger charge is -2.09. The number of nitrogens with zero attached hydrogens (tertiary/aromatic N) is 1. The molecule has 1 aliphatic carbocycles. The van der Waals surface area contributed by atoms with Crippen molar-refractivity contribution >= 4 is 58.2 Å². The molecule has 3 rings (SSSR count). The number of nitrogens with one attached hydrogen (secondary N) is 2. The van der Waals surface area contributed by atoms with Crippen LogP contribution in [0.1, 0.15) is 17.7 Å². The fraction of sp³-hybridized carbons (Fsp3) is 0.267. The third kappa shape index (κ3) is 3.88. The van der Waals surface area contributed by atoms with Crippen LogP contribution in [-0.2, 0) is 17.6 Å². The van der Waals surface area contributed by atoms with Crippen molar-refractivity contribution in [2.45, 2.75) is 24.4 Å². The Morgan fingerprint density at radius 1 is 1.21 bits per heavy atom. The third-order valence-corrected chi connectivity index (χ3v) is 5.45. The summed E-state index contributed by atoms with van der Waals surface area (Å²) < 4.78 is 0. The van der Waals surface area contributed by atoms with E-state index in [-0.39, 0.29) is 17.2 Å². The van der Waals surface area contributed by atoms with E-state index in [0.717, 1.165) is 42.3 Å². The lowest BCUT2D eigenvalue weighted by Crippen LogP contribution is -2.17. The second-order valence-electron chi connectivity index (χ2n) is 5.23. The average Bonchev–Trinajstić information content (AvgIpc) is 3.00. The van der Waals surface area contributed by atoms with Crippen LogP contribution in [0.5, 0.6) is 0 Å². The van der Waals surface area contributed by atoms with Gasteiger partial charge in [-0.05, 0) is 31.4 Å². The number of amides is 1. The molecule has 0 fully saturated rings. The van der Waals surface area contributed by atoms with Crippen molar-refractivity contribution in [3.8, 4) is 0 Å². The smallest absolute Gasteiger partial charge is 0.254 e. The molecule has 0 saturated carbocycles. The summed E-state index contributed by atoms with van der Waals surface area (Å²) in [7, 11) is 0. The molecule has 126 valence electrons. The second kappa shape index (κ2) is 7.35. The van der Waals surface area contributed by atoms with Gasteiger partial charge in [0.2, 0.25) is 5.91 Å². The molecule has 1 aromatic heterocycles. The molecule has 0 unspecified atom stereocenters. The maximum atomic E-state index is 12.1. The van der Waals surface area contributed by atoms with Crippen LogP contribution in [0.15, 0.2) is 22.1 Å². The third-order valence-electron chi connectivity index (χ3n) is 3.54. The molecule has 1 amide bonds. The van der Waals surface area contributed by atoms with Crippen LogP contribution >= 0.6 is 46.6 Å². The van der Waals surface area contributed by atoms with E-state index in [1.807, 2.05) is 0 Å². The Morgan fingerprint density at radius 2 is 1.96 bits per heavy atom. The zero-order valence-corrected chi connectivity index (χ0v) is 15.4. The number of hydrogen-bond donors (Lipinski definition) is 2. The van der Waals surface area contributed by atoms with Gasteiger partial charge in [-0.15, -0.1) is 0 Å². The van der Waals surface area contributed by atoms with Gasteiger partial charge in [-0.25, -0.2) is 4.98 Å². The van der Waals surface area contributed by atoms with Crippen LogP contribution in [0.4, 0.5) is 5.69 Å². The zero-order valence-electron chi connectivity index (χ0n) is 12.3. The van der Waals surface area contributed by atoms with Crippen molar-refractivity contribution in [2.75, 3.05) is 11.1 Å². The number of benzene rings is 1. The number of thioether (sulfide) groups is 1. The van der Waals surface area contributed by atoms with Gasteiger partial charge in [-0.3, -0.25) is 9.59 Å². The van der Waals surface area contributed by atoms with Crippen molar-refractivity contribution in [1.29, 1.82) is 0 Å². The van der Waals surface area contributed by atoms with Gasteiger partial charge in [-0.2, -0.15) is 0 Å². The van der Waals surface area contributed by atoms with Gasteiger partial charge in [0.05, 0.1) is 32.2 Å². The molecule has 0 spiro atoms. The maximum absolute atomic E-state index is 12.1. The number of anilines is 1. The topological polar surface area (TPSA) is 74.8 Å². The first-order chi connectivity index (χ1) is 11.4. The number of carbonyl (C=O) groups is 1. The van der Waals surface area contributed by atoms with Crippen molar-refractivity contribution in [3.63, 3.8) is 0 Å². The first-order valence-electron chi connectivity index (χ1n) is 7.13. The van der Waals surface area contributed by atoms with Gasteiger partial charge in [0.15, 0.2) is 5.16 Å². The monoisotopic (exact) mass is 403 g/mol. The molecule has 0 radical (unpaired) electrons. The van der Waals surface area contributed by atoms with Crippen LogP contribution in [0, 0.1) is 0 Å². The van der Waals surface area contributed by atoms with Crippen molar-refractivity contribution in [1.82, 2.24) is 9.97 Å². The molecular formula is C15H12Cl3N3O2S. The Hall–Kier alpha value is -1.21. The van der Waals surface area contributed by atoms with Gasteiger partial charge < -0.3 is 10.3 Å². The highest BCUT2D eigenvalue weighted by atomic mass is 35.5. The quantitative estimate of drug-likeness (QED) is 0.460. The van der Waals surface area contributed by atoms with Crippen LogP contribution in [0.3, 0.4) is 0 Å². The number of aryl methyl sites for hydroxylation is 1. The second-order valence-corrected chi connectivity index (χ2v) is 7.42. The molecule has 24 heavy (non-hydrogen) atoms. The molecule has 0 bridgehead atoms. The molecule has 5 nitrogen and oxygen atoms in total. The molecule has 0 aliphatic heterocycles. The summed E-state index contributed by atoms with van der Waals surface area (Å²) in [6, 6.07) is 2.96. The highest BCUT2D eigenvalue weighted by molar-refractivity contribution is 7.99. The minimum Gasteiger partial charge on any atom is -0.324 e. The van der Waals surface area contributed by atoms with E-state index < -0.39 is 0 Å². The van der Waals surface area contributed by atoms with Crippen molar-refractivity contribution in [3.05, 3.63) is 48.8 Å². The summed E-state index contributed by atoms with van der Waals surface area (Å²) in [4.78, 5) is 31.1. The van der Waals surface area contributed by atoms with Gasteiger partial charge >= 0.3 is 0 Å². The predicted octanol–water partition coefficient (Wildman–Crippen LogP) is 3.95. The number of fused-ring (bicyclic) bond motifs is 1. The molecular weight excluding hydrogens is 393 g/mol. The van der Waals surface area contributed by atoms with Gasteiger partial charge in [0.1, 0.15) is 0 Å². The van der Waals surface area contributed by atoms with Gasteiger partial charge in [0, 0.05) is 5.56 Å². The fourth-order valence-corrected chi connectivity index (χ4v) is 3.70. The Bertz CT molecular complexity index is 870. The summed E-state index contributed by atoms with van der Waals surface area (Å²) in [5, 5.41) is 4.01. The van der Waals surface area contributed by atoms with E-state index >= 15 is 0 Å². The number of rotatable bonds is 4. The van der Waals surface area contributed by atoms with Crippen molar-refractivity contribution in [2.24, 2.45) is 0 Å². The largest absolute Gasteiger partial charge is 0.324 e. The normalized spacial score (nSPS) is 13.0. The minimum atomic E-state index is -0.288. The molecule has 1 aliphatic rings. The van der Waals surface area contributed by atoms with E-state index in [2.05, 4.69) is 15.3 Å². The lowest BCUT2D eigenvalue weighted by atomic mass is 10.3. The van der Waals surface area contributed by atoms with E-state index in [4.69, 9.17) is 34.8 Å². The molecule has 1 aromatic carbocycles. The Kier molecular flexibility index (Phi) is 5.39. The Labute approximate surface area is 157 Å². The van der Waals surface area contributed by atoms with Crippen LogP contribution in [-0.4, -0.2) is 21.6 Å². The van der Waals surface area contributed by atoms with Crippen molar-refractivity contribution < 1.29 is 4.79 Å². The summed E-state index contributed by atoms with van der Waals surface area (Å²) in [5.41, 5.74) is 1.85. The number of halogens is 3. The summed E-state index contributed by atoms with van der Waals surface area (Å²) in [6.45, 7) is 0. The molecule has 2 N–H and O–H groups in total. The minimum absolute atomic E-state index is 0.0816. The molecule has 0 atom stereocenters. The molecule has 9 heteroatoms. The van der Waals surface area contributed by atoms with Crippen LogP contribution in [0.2, 0.25) is 15.1 Å². The molecule has 0 saturated heterocycles. The molecule has 2 aromatic rings. The Morgan fingerprint density at radius 3 is 2.75 bits per heavy atom. The first kappa shape index (κ1) is 17.6. The summed E-state index contributed by atoms with van der Waals surface area (Å²) >= 11 is 18.9. The fourth-order valence-electron chi connectivity index (χ4n) is 2.43. The van der Waals surface area contributed by atoms with Crippen LogP contribution < -0.4 is 10.9 Å². The number of aromatic nitrogens is 2. The summed E-state index contributed by atoms with van der Waals surface area (Å²) in [6.07, 6.45) is 2.51. The van der Waals surface area contributed by atoms with E-state index in [1.54, 1.807) is 0 Å². The predicted molar refractivity (Wildman–Crippen MR) is 97.7 cm³/mol. The average molecular weight is 405 g/mol. The van der Waals surface area contributed by atoms with E-state index in [9.17, 15) is 9.59 Å².